The number of halogens is 1. The first-order valence-corrected chi connectivity index (χ1v) is 9.98. The van der Waals surface area contributed by atoms with Gasteiger partial charge in [-0.1, -0.05) is 23.7 Å². The summed E-state index contributed by atoms with van der Waals surface area (Å²) in [6, 6.07) is 10.1. The van der Waals surface area contributed by atoms with Gasteiger partial charge in [0.1, 0.15) is 5.82 Å². The molecule has 0 saturated carbocycles. The highest BCUT2D eigenvalue weighted by Gasteiger charge is 2.18. The lowest BCUT2D eigenvalue weighted by Gasteiger charge is -2.29. The van der Waals surface area contributed by atoms with Gasteiger partial charge in [-0.2, -0.15) is 4.98 Å². The predicted octanol–water partition coefficient (Wildman–Crippen LogP) is 3.84. The fourth-order valence-electron chi connectivity index (χ4n) is 3.73. The Morgan fingerprint density at radius 2 is 2.04 bits per heavy atom. The van der Waals surface area contributed by atoms with Crippen LogP contribution in [0.4, 0.5) is 5.82 Å². The molecule has 142 valence electrons. The maximum absolute atomic E-state index is 11.5. The summed E-state index contributed by atoms with van der Waals surface area (Å²) < 4.78 is 5.77. The number of ether oxygens (including phenoxy) is 1. The number of fused-ring (bicyclic) bond motifs is 2. The van der Waals surface area contributed by atoms with E-state index in [-0.39, 0.29) is 5.91 Å². The van der Waals surface area contributed by atoms with Crippen molar-refractivity contribution in [2.24, 2.45) is 0 Å². The van der Waals surface area contributed by atoms with Gasteiger partial charge in [-0.15, -0.1) is 0 Å². The third-order valence-corrected chi connectivity index (χ3v) is 5.59. The molecule has 27 heavy (non-hydrogen) atoms. The Bertz CT molecular complexity index is 840. The lowest BCUT2D eigenvalue weighted by molar-refractivity contribution is -0.116. The number of carbonyl (C=O) groups is 1. The Morgan fingerprint density at radius 3 is 2.96 bits per heavy atom. The molecule has 1 N–H and O–H groups in total. The van der Waals surface area contributed by atoms with E-state index < -0.39 is 0 Å². The highest BCUT2D eigenvalue weighted by atomic mass is 35.5. The molecule has 3 heterocycles. The van der Waals surface area contributed by atoms with Gasteiger partial charge in [0.05, 0.1) is 6.61 Å². The summed E-state index contributed by atoms with van der Waals surface area (Å²) in [5.74, 6) is 1.25. The SMILES string of the molecule is O=C1CCc2ccc(OCCCCN3CCc4c(Cl)cccc4C3)nc2N1. The third-order valence-electron chi connectivity index (χ3n) is 5.24. The van der Waals surface area contributed by atoms with Crippen molar-refractivity contribution in [1.82, 2.24) is 9.88 Å². The largest absolute Gasteiger partial charge is 0.478 e. The second-order valence-electron chi connectivity index (χ2n) is 7.16. The zero-order chi connectivity index (χ0) is 18.6. The Hall–Kier alpha value is -2.11. The van der Waals surface area contributed by atoms with Crippen LogP contribution in [0.5, 0.6) is 5.88 Å². The van der Waals surface area contributed by atoms with E-state index in [1.54, 1.807) is 0 Å². The van der Waals surface area contributed by atoms with Crippen molar-refractivity contribution in [3.63, 3.8) is 0 Å². The van der Waals surface area contributed by atoms with Crippen LogP contribution in [0.2, 0.25) is 5.02 Å². The summed E-state index contributed by atoms with van der Waals surface area (Å²) in [5.41, 5.74) is 3.74. The van der Waals surface area contributed by atoms with E-state index in [1.807, 2.05) is 24.3 Å². The molecule has 0 spiro atoms. The van der Waals surface area contributed by atoms with E-state index in [9.17, 15) is 4.79 Å². The van der Waals surface area contributed by atoms with E-state index in [2.05, 4.69) is 21.3 Å². The van der Waals surface area contributed by atoms with Crippen LogP contribution in [0, 0.1) is 0 Å². The number of amides is 1. The van der Waals surface area contributed by atoms with E-state index in [4.69, 9.17) is 16.3 Å². The second-order valence-corrected chi connectivity index (χ2v) is 7.57. The zero-order valence-corrected chi connectivity index (χ0v) is 16.1. The number of hydrogen-bond acceptors (Lipinski definition) is 4. The van der Waals surface area contributed by atoms with Crippen LogP contribution in [0.1, 0.15) is 36.0 Å². The fourth-order valence-corrected chi connectivity index (χ4v) is 4.02. The number of benzene rings is 1. The molecular weight excluding hydrogens is 362 g/mol. The van der Waals surface area contributed by atoms with Crippen LogP contribution in [0.15, 0.2) is 30.3 Å². The number of rotatable bonds is 6. The highest BCUT2D eigenvalue weighted by Crippen LogP contribution is 2.26. The molecule has 0 bridgehead atoms. The van der Waals surface area contributed by atoms with E-state index in [1.165, 1.54) is 11.1 Å². The third kappa shape index (κ3) is 4.42. The van der Waals surface area contributed by atoms with Gasteiger partial charge in [0, 0.05) is 30.6 Å². The summed E-state index contributed by atoms with van der Waals surface area (Å²) in [6.07, 6.45) is 4.36. The van der Waals surface area contributed by atoms with Gasteiger partial charge in [-0.25, -0.2) is 0 Å². The fraction of sp³-hybridized carbons (Fsp3) is 0.429. The van der Waals surface area contributed by atoms with Crippen LogP contribution < -0.4 is 10.1 Å². The molecule has 0 aliphatic carbocycles. The summed E-state index contributed by atoms with van der Waals surface area (Å²) >= 11 is 6.28. The maximum Gasteiger partial charge on any atom is 0.225 e. The van der Waals surface area contributed by atoms with Gasteiger partial charge in [-0.3, -0.25) is 9.69 Å². The van der Waals surface area contributed by atoms with E-state index in [0.29, 0.717) is 24.7 Å². The van der Waals surface area contributed by atoms with Crippen LogP contribution in [0.3, 0.4) is 0 Å². The number of anilines is 1. The maximum atomic E-state index is 11.5. The van der Waals surface area contributed by atoms with Crippen molar-refractivity contribution in [1.29, 1.82) is 0 Å². The van der Waals surface area contributed by atoms with Crippen molar-refractivity contribution in [2.75, 3.05) is 25.0 Å². The van der Waals surface area contributed by atoms with Gasteiger partial charge in [0.15, 0.2) is 0 Å². The first-order chi connectivity index (χ1) is 13.2. The molecule has 0 atom stereocenters. The number of aryl methyl sites for hydroxylation is 1. The minimum atomic E-state index is 0.0246. The molecule has 0 saturated heterocycles. The number of carbonyl (C=O) groups excluding carboxylic acids is 1. The van der Waals surface area contributed by atoms with E-state index in [0.717, 1.165) is 55.9 Å². The molecule has 0 unspecified atom stereocenters. The van der Waals surface area contributed by atoms with Crippen molar-refractivity contribution >= 4 is 23.3 Å². The van der Waals surface area contributed by atoms with Crippen LogP contribution in [0.25, 0.3) is 0 Å². The highest BCUT2D eigenvalue weighted by molar-refractivity contribution is 6.31. The number of aromatic nitrogens is 1. The van der Waals surface area contributed by atoms with Crippen LogP contribution in [-0.2, 0) is 24.2 Å². The number of hydrogen-bond donors (Lipinski definition) is 1. The van der Waals surface area contributed by atoms with Gasteiger partial charge < -0.3 is 10.1 Å². The molecule has 0 radical (unpaired) electrons. The Labute approximate surface area is 164 Å². The minimum absolute atomic E-state index is 0.0246. The molecule has 2 aliphatic heterocycles. The van der Waals surface area contributed by atoms with Crippen LogP contribution >= 0.6 is 11.6 Å². The predicted molar refractivity (Wildman–Crippen MR) is 106 cm³/mol. The molecule has 6 heteroatoms. The second kappa shape index (κ2) is 8.28. The molecule has 4 rings (SSSR count). The Morgan fingerprint density at radius 1 is 1.11 bits per heavy atom. The molecule has 2 aliphatic rings. The minimum Gasteiger partial charge on any atom is -0.478 e. The topological polar surface area (TPSA) is 54.5 Å². The van der Waals surface area contributed by atoms with E-state index >= 15 is 0 Å². The van der Waals surface area contributed by atoms with Gasteiger partial charge in [-0.05, 0) is 61.1 Å². The monoisotopic (exact) mass is 385 g/mol. The van der Waals surface area contributed by atoms with Crippen molar-refractivity contribution in [3.05, 3.63) is 52.0 Å². The van der Waals surface area contributed by atoms with Crippen LogP contribution in [-0.4, -0.2) is 35.5 Å². The average Bonchev–Trinajstić information content (AvgIpc) is 2.67. The number of nitrogens with one attached hydrogen (secondary N) is 1. The number of pyridine rings is 1. The Balaban J connectivity index is 1.20. The summed E-state index contributed by atoms with van der Waals surface area (Å²) in [7, 11) is 0. The summed E-state index contributed by atoms with van der Waals surface area (Å²) in [4.78, 5) is 18.4. The summed E-state index contributed by atoms with van der Waals surface area (Å²) in [6.45, 7) is 3.73. The lowest BCUT2D eigenvalue weighted by Crippen LogP contribution is -2.31. The van der Waals surface area contributed by atoms with Gasteiger partial charge in [0.2, 0.25) is 11.8 Å². The molecule has 1 aromatic heterocycles. The molecule has 1 aromatic carbocycles. The number of nitrogens with zero attached hydrogens (tertiary/aromatic N) is 2. The molecule has 5 nitrogen and oxygen atoms in total. The normalized spacial score (nSPS) is 16.4. The Kier molecular flexibility index (Phi) is 5.60. The quantitative estimate of drug-likeness (QED) is 0.767. The standard InChI is InChI=1S/C21H24ClN3O2/c22-18-5-3-4-16-14-25(12-10-17(16)18)11-1-2-13-27-20-9-7-15-6-8-19(26)23-21(15)24-20/h3-5,7,9H,1-2,6,8,10-14H2,(H,23,24,26). The smallest absolute Gasteiger partial charge is 0.225 e. The lowest BCUT2D eigenvalue weighted by atomic mass is 9.99. The first kappa shape index (κ1) is 18.3. The van der Waals surface area contributed by atoms with Crippen molar-refractivity contribution in [3.8, 4) is 5.88 Å². The summed E-state index contributed by atoms with van der Waals surface area (Å²) in [5, 5.41) is 3.71. The van der Waals surface area contributed by atoms with Gasteiger partial charge in [0.25, 0.3) is 0 Å². The van der Waals surface area contributed by atoms with Crippen molar-refractivity contribution < 1.29 is 9.53 Å². The zero-order valence-electron chi connectivity index (χ0n) is 15.3. The number of unbranched alkanes of at least 4 members (excludes halogenated alkanes) is 1. The first-order valence-electron chi connectivity index (χ1n) is 9.60. The van der Waals surface area contributed by atoms with Gasteiger partial charge >= 0.3 is 0 Å². The molecular formula is C21H24ClN3O2. The van der Waals surface area contributed by atoms with Crippen molar-refractivity contribution in [2.45, 2.75) is 38.6 Å². The molecule has 1 amide bonds. The molecule has 0 fully saturated rings. The molecule has 2 aromatic rings. The average molecular weight is 386 g/mol.